The first-order chi connectivity index (χ1) is 12.2. The molecule has 3 aromatic rings. The lowest BCUT2D eigenvalue weighted by atomic mass is 9.88. The molecule has 0 bridgehead atoms. The third-order valence-electron chi connectivity index (χ3n) is 4.96. The Balaban J connectivity index is 2.14. The Morgan fingerprint density at radius 3 is 2.92 bits per heavy atom. The van der Waals surface area contributed by atoms with Crippen LogP contribution in [0.25, 0.3) is 21.5 Å². The number of methoxy groups -OCH3 is 1. The van der Waals surface area contributed by atoms with Crippen LogP contribution in [0.2, 0.25) is 0 Å². The smallest absolute Gasteiger partial charge is 0.231 e. The molecule has 126 valence electrons. The number of hydrogen-bond donors (Lipinski definition) is 2. The van der Waals surface area contributed by atoms with Gasteiger partial charge in [0.2, 0.25) is 6.79 Å². The summed E-state index contributed by atoms with van der Waals surface area (Å²) in [6.45, 7) is 0.887. The topological polar surface area (TPSA) is 77.0 Å². The van der Waals surface area contributed by atoms with E-state index >= 15 is 0 Å². The van der Waals surface area contributed by atoms with Crippen molar-refractivity contribution in [3.8, 4) is 23.0 Å². The van der Waals surface area contributed by atoms with Gasteiger partial charge in [-0.1, -0.05) is 0 Å². The number of rotatable bonds is 2. The van der Waals surface area contributed by atoms with E-state index in [-0.39, 0.29) is 12.5 Å². The van der Waals surface area contributed by atoms with Crippen LogP contribution >= 0.6 is 0 Å². The molecule has 0 saturated carbocycles. The average Bonchev–Trinajstić information content (AvgIpc) is 3.10. The number of benzene rings is 3. The molecule has 25 heavy (non-hydrogen) atoms. The molecule has 2 heterocycles. The number of fused-ring (bicyclic) bond motifs is 4. The molecule has 0 fully saturated rings. The van der Waals surface area contributed by atoms with E-state index in [0.717, 1.165) is 41.3 Å². The zero-order valence-electron chi connectivity index (χ0n) is 13.5. The highest BCUT2D eigenvalue weighted by molar-refractivity contribution is 6.25. The Morgan fingerprint density at radius 1 is 1.24 bits per heavy atom. The number of phenols is 1. The van der Waals surface area contributed by atoms with Gasteiger partial charge in [0.25, 0.3) is 0 Å². The Kier molecular flexibility index (Phi) is 2.80. The van der Waals surface area contributed by atoms with Crippen LogP contribution in [-0.4, -0.2) is 31.8 Å². The second kappa shape index (κ2) is 4.92. The number of phenolic OH excluding ortho intramolecular Hbond substituents is 1. The maximum absolute atomic E-state index is 11.9. The number of carbonyl (C=O) groups excluding carboxylic acids is 1. The highest BCUT2D eigenvalue weighted by atomic mass is 16.7. The van der Waals surface area contributed by atoms with Crippen LogP contribution in [0.3, 0.4) is 0 Å². The molecule has 0 saturated heterocycles. The zero-order chi connectivity index (χ0) is 17.1. The zero-order valence-corrected chi connectivity index (χ0v) is 13.5. The fourth-order valence-electron chi connectivity index (χ4n) is 3.97. The van der Waals surface area contributed by atoms with E-state index in [9.17, 15) is 9.90 Å². The second-order valence-corrected chi connectivity index (χ2v) is 6.14. The summed E-state index contributed by atoms with van der Waals surface area (Å²) >= 11 is 0. The minimum absolute atomic E-state index is 0.0176. The monoisotopic (exact) mass is 337 g/mol. The molecule has 0 amide bonds. The lowest BCUT2D eigenvalue weighted by Crippen LogP contribution is -2.14. The first-order valence-corrected chi connectivity index (χ1v) is 8.04. The van der Waals surface area contributed by atoms with Crippen molar-refractivity contribution in [2.45, 2.75) is 6.42 Å². The summed E-state index contributed by atoms with van der Waals surface area (Å²) in [6, 6.07) is 5.25. The summed E-state index contributed by atoms with van der Waals surface area (Å²) in [7, 11) is 1.50. The summed E-state index contributed by atoms with van der Waals surface area (Å²) in [4.78, 5) is 11.9. The van der Waals surface area contributed by atoms with Crippen molar-refractivity contribution in [1.29, 1.82) is 0 Å². The molecule has 2 N–H and O–H groups in total. The van der Waals surface area contributed by atoms with Crippen molar-refractivity contribution >= 4 is 33.5 Å². The Bertz CT molecular complexity index is 1070. The highest BCUT2D eigenvalue weighted by Crippen LogP contribution is 2.52. The van der Waals surface area contributed by atoms with E-state index in [0.29, 0.717) is 33.6 Å². The molecule has 0 spiro atoms. The molecular formula is C19H15NO5. The number of anilines is 1. The molecular weight excluding hydrogens is 322 g/mol. The lowest BCUT2D eigenvalue weighted by molar-refractivity contribution is 0.112. The van der Waals surface area contributed by atoms with Gasteiger partial charge in [-0.15, -0.1) is 0 Å². The first kappa shape index (κ1) is 14.2. The minimum atomic E-state index is 0.0176. The van der Waals surface area contributed by atoms with Gasteiger partial charge in [0, 0.05) is 28.3 Å². The van der Waals surface area contributed by atoms with Crippen molar-refractivity contribution in [1.82, 2.24) is 0 Å². The minimum Gasteiger partial charge on any atom is -0.504 e. The molecule has 3 aromatic carbocycles. The standard InChI is InChI=1S/C19H15NO5/c1-23-18-12(22)3-2-10-11(7-21)17-14-9(4-5-20-17)6-13-19(25-8-24-13)16(14)15(10)18/h2-3,6-7,20,22H,4-5,8H2,1H3. The van der Waals surface area contributed by atoms with Crippen molar-refractivity contribution < 1.29 is 24.1 Å². The van der Waals surface area contributed by atoms with Gasteiger partial charge in [-0.25, -0.2) is 0 Å². The van der Waals surface area contributed by atoms with Crippen molar-refractivity contribution in [3.63, 3.8) is 0 Å². The number of carbonyl (C=O) groups is 1. The normalized spacial score (nSPS) is 14.6. The van der Waals surface area contributed by atoms with E-state index in [2.05, 4.69) is 5.32 Å². The fourth-order valence-corrected chi connectivity index (χ4v) is 3.97. The molecule has 2 aliphatic rings. The number of aromatic hydroxyl groups is 1. The largest absolute Gasteiger partial charge is 0.504 e. The third kappa shape index (κ3) is 1.71. The predicted molar refractivity (Wildman–Crippen MR) is 93.4 cm³/mol. The van der Waals surface area contributed by atoms with E-state index in [1.807, 2.05) is 6.07 Å². The van der Waals surface area contributed by atoms with Crippen molar-refractivity contribution in [2.75, 3.05) is 25.8 Å². The SMILES string of the molecule is COc1c(O)ccc2c(C=O)c3c4c(cc5c(c4c12)OCO5)CCN3. The maximum atomic E-state index is 11.9. The van der Waals surface area contributed by atoms with Gasteiger partial charge in [0.15, 0.2) is 29.3 Å². The quantitative estimate of drug-likeness (QED) is 0.552. The van der Waals surface area contributed by atoms with Crippen LogP contribution in [0.5, 0.6) is 23.0 Å². The molecule has 2 aliphatic heterocycles. The van der Waals surface area contributed by atoms with E-state index in [1.165, 1.54) is 13.2 Å². The van der Waals surface area contributed by atoms with Crippen molar-refractivity contribution in [3.05, 3.63) is 29.3 Å². The predicted octanol–water partition coefficient (Wildman–Crippen LogP) is 3.22. The molecule has 0 radical (unpaired) electrons. The van der Waals surface area contributed by atoms with Gasteiger partial charge < -0.3 is 24.6 Å². The van der Waals surface area contributed by atoms with Crippen LogP contribution in [-0.2, 0) is 6.42 Å². The molecule has 6 heteroatoms. The molecule has 0 aliphatic carbocycles. The molecule has 5 rings (SSSR count). The summed E-state index contributed by atoms with van der Waals surface area (Å²) in [5, 5.41) is 16.7. The fraction of sp³-hybridized carbons (Fsp3) is 0.211. The molecule has 0 aromatic heterocycles. The van der Waals surface area contributed by atoms with Crippen LogP contribution in [0, 0.1) is 0 Å². The van der Waals surface area contributed by atoms with Crippen LogP contribution in [0.4, 0.5) is 5.69 Å². The molecule has 6 nitrogen and oxygen atoms in total. The van der Waals surface area contributed by atoms with Gasteiger partial charge in [-0.3, -0.25) is 4.79 Å². The van der Waals surface area contributed by atoms with E-state index in [1.54, 1.807) is 6.07 Å². The van der Waals surface area contributed by atoms with Crippen LogP contribution in [0.1, 0.15) is 15.9 Å². The summed E-state index contributed by atoms with van der Waals surface area (Å²) < 4.78 is 16.8. The Morgan fingerprint density at radius 2 is 2.12 bits per heavy atom. The number of aldehydes is 1. The molecule has 0 atom stereocenters. The van der Waals surface area contributed by atoms with Gasteiger partial charge in [-0.2, -0.15) is 0 Å². The third-order valence-corrected chi connectivity index (χ3v) is 4.96. The Hall–Kier alpha value is -3.15. The maximum Gasteiger partial charge on any atom is 0.231 e. The molecule has 0 unspecified atom stereocenters. The summed E-state index contributed by atoms with van der Waals surface area (Å²) in [6.07, 6.45) is 1.66. The Labute approximate surface area is 142 Å². The van der Waals surface area contributed by atoms with E-state index < -0.39 is 0 Å². The van der Waals surface area contributed by atoms with Crippen LogP contribution < -0.4 is 19.5 Å². The second-order valence-electron chi connectivity index (χ2n) is 6.14. The number of nitrogens with one attached hydrogen (secondary N) is 1. The number of ether oxygens (including phenoxy) is 3. The number of hydrogen-bond acceptors (Lipinski definition) is 6. The van der Waals surface area contributed by atoms with Gasteiger partial charge in [0.05, 0.1) is 12.8 Å². The summed E-state index contributed by atoms with van der Waals surface area (Å²) in [5.41, 5.74) is 2.44. The lowest BCUT2D eigenvalue weighted by Gasteiger charge is -2.24. The first-order valence-electron chi connectivity index (χ1n) is 8.04. The average molecular weight is 337 g/mol. The van der Waals surface area contributed by atoms with Gasteiger partial charge in [-0.05, 0) is 35.6 Å². The summed E-state index contributed by atoms with van der Waals surface area (Å²) in [5.74, 6) is 1.65. The van der Waals surface area contributed by atoms with Crippen LogP contribution in [0.15, 0.2) is 18.2 Å². The van der Waals surface area contributed by atoms with Crippen molar-refractivity contribution in [2.24, 2.45) is 0 Å². The highest BCUT2D eigenvalue weighted by Gasteiger charge is 2.29. The van der Waals surface area contributed by atoms with Gasteiger partial charge >= 0.3 is 0 Å². The van der Waals surface area contributed by atoms with Gasteiger partial charge in [0.1, 0.15) is 0 Å². The van der Waals surface area contributed by atoms with E-state index in [4.69, 9.17) is 14.2 Å².